The summed E-state index contributed by atoms with van der Waals surface area (Å²) in [5.74, 6) is -0.0896. The number of carbonyl (C=O) groups excluding carboxylic acids is 1. The number of H-pyrrole nitrogens is 1. The van der Waals surface area contributed by atoms with Crippen LogP contribution in [0.1, 0.15) is 56.9 Å². The lowest BCUT2D eigenvalue weighted by Gasteiger charge is -2.21. The van der Waals surface area contributed by atoms with Gasteiger partial charge in [-0.25, -0.2) is 4.39 Å². The molecular weight excluding hydrogens is 291 g/mol. The normalized spacial score (nSPS) is 21.1. The average Bonchev–Trinajstić information content (AvgIpc) is 3.29. The number of benzene rings is 1. The molecule has 2 aliphatic rings. The standard InChI is InChI=1S/C19H23FN2O/c20-13-7-8-15-16(12-21-17(15)11-13)19(9-10-19)18(23)22-14-5-3-1-2-4-6-14/h7-8,11-12,14,21H,1-6,9-10H2,(H,22,23). The highest BCUT2D eigenvalue weighted by Crippen LogP contribution is 2.50. The summed E-state index contributed by atoms with van der Waals surface area (Å²) in [6.45, 7) is 0. The Morgan fingerprint density at radius 1 is 1.17 bits per heavy atom. The lowest BCUT2D eigenvalue weighted by atomic mass is 9.93. The summed E-state index contributed by atoms with van der Waals surface area (Å²) in [6, 6.07) is 5.08. The molecular formula is C19H23FN2O. The van der Waals surface area contributed by atoms with Crippen molar-refractivity contribution in [1.29, 1.82) is 0 Å². The van der Waals surface area contributed by atoms with Gasteiger partial charge in [0, 0.05) is 23.1 Å². The molecule has 2 N–H and O–H groups in total. The number of hydrogen-bond acceptors (Lipinski definition) is 1. The van der Waals surface area contributed by atoms with Crippen molar-refractivity contribution in [2.24, 2.45) is 0 Å². The summed E-state index contributed by atoms with van der Waals surface area (Å²) in [4.78, 5) is 16.0. The fourth-order valence-corrected chi connectivity index (χ4v) is 3.99. The minimum absolute atomic E-state index is 0.162. The van der Waals surface area contributed by atoms with E-state index in [1.807, 2.05) is 6.20 Å². The zero-order valence-electron chi connectivity index (χ0n) is 13.3. The number of nitrogens with one attached hydrogen (secondary N) is 2. The van der Waals surface area contributed by atoms with Crippen LogP contribution >= 0.6 is 0 Å². The molecule has 4 rings (SSSR count). The number of aromatic amines is 1. The maximum atomic E-state index is 13.4. The first-order chi connectivity index (χ1) is 11.2. The number of carbonyl (C=O) groups is 1. The third-order valence-electron chi connectivity index (χ3n) is 5.53. The van der Waals surface area contributed by atoms with Crippen LogP contribution in [0.15, 0.2) is 24.4 Å². The van der Waals surface area contributed by atoms with Crippen molar-refractivity contribution >= 4 is 16.8 Å². The Morgan fingerprint density at radius 3 is 2.61 bits per heavy atom. The number of rotatable bonds is 3. The summed E-state index contributed by atoms with van der Waals surface area (Å²) >= 11 is 0. The van der Waals surface area contributed by atoms with Crippen LogP contribution in [0, 0.1) is 5.82 Å². The molecule has 2 aromatic rings. The van der Waals surface area contributed by atoms with Crippen molar-refractivity contribution in [3.63, 3.8) is 0 Å². The summed E-state index contributed by atoms with van der Waals surface area (Å²) in [5.41, 5.74) is 1.40. The fourth-order valence-electron chi connectivity index (χ4n) is 3.99. The van der Waals surface area contributed by atoms with Gasteiger partial charge in [0.1, 0.15) is 5.82 Å². The lowest BCUT2D eigenvalue weighted by molar-refractivity contribution is -0.124. The van der Waals surface area contributed by atoms with Gasteiger partial charge in [0.15, 0.2) is 0 Å². The first kappa shape index (κ1) is 14.7. The predicted molar refractivity (Wildman–Crippen MR) is 88.8 cm³/mol. The Kier molecular flexibility index (Phi) is 3.63. The van der Waals surface area contributed by atoms with Gasteiger partial charge in [0.25, 0.3) is 0 Å². The molecule has 0 unspecified atom stereocenters. The van der Waals surface area contributed by atoms with Crippen LogP contribution < -0.4 is 5.32 Å². The van der Waals surface area contributed by atoms with Crippen LogP contribution in [0.25, 0.3) is 10.9 Å². The molecule has 0 aliphatic heterocycles. The smallest absolute Gasteiger partial charge is 0.230 e. The molecule has 1 aromatic heterocycles. The van der Waals surface area contributed by atoms with E-state index >= 15 is 0 Å². The largest absolute Gasteiger partial charge is 0.361 e. The Morgan fingerprint density at radius 2 is 1.91 bits per heavy atom. The van der Waals surface area contributed by atoms with E-state index in [9.17, 15) is 9.18 Å². The maximum absolute atomic E-state index is 13.4. The van der Waals surface area contributed by atoms with Crippen LogP contribution in [0.4, 0.5) is 4.39 Å². The van der Waals surface area contributed by atoms with E-state index in [0.717, 1.165) is 42.1 Å². The molecule has 2 fully saturated rings. The highest BCUT2D eigenvalue weighted by Gasteiger charge is 2.52. The van der Waals surface area contributed by atoms with Gasteiger partial charge in [-0.1, -0.05) is 25.7 Å². The van der Waals surface area contributed by atoms with Crippen molar-refractivity contribution < 1.29 is 9.18 Å². The quantitative estimate of drug-likeness (QED) is 0.820. The van der Waals surface area contributed by atoms with Crippen LogP contribution in [0.5, 0.6) is 0 Å². The van der Waals surface area contributed by atoms with Crippen molar-refractivity contribution in [1.82, 2.24) is 10.3 Å². The first-order valence-electron chi connectivity index (χ1n) is 8.77. The third kappa shape index (κ3) is 2.64. The Hall–Kier alpha value is -1.84. The molecule has 1 aromatic carbocycles. The highest BCUT2D eigenvalue weighted by atomic mass is 19.1. The summed E-state index contributed by atoms with van der Waals surface area (Å²) in [7, 11) is 0. The van der Waals surface area contributed by atoms with Crippen LogP contribution in [0.3, 0.4) is 0 Å². The SMILES string of the molecule is O=C(NC1CCCCCC1)C1(c2c[nH]c3cc(F)ccc23)CC1. The average molecular weight is 314 g/mol. The maximum Gasteiger partial charge on any atom is 0.230 e. The molecule has 0 bridgehead atoms. The number of amides is 1. The van der Waals surface area contributed by atoms with E-state index < -0.39 is 5.41 Å². The topological polar surface area (TPSA) is 44.9 Å². The molecule has 1 amide bonds. The van der Waals surface area contributed by atoms with E-state index in [1.54, 1.807) is 6.07 Å². The van der Waals surface area contributed by atoms with Gasteiger partial charge < -0.3 is 10.3 Å². The highest BCUT2D eigenvalue weighted by molar-refractivity contribution is 5.97. The lowest BCUT2D eigenvalue weighted by Crippen LogP contribution is -2.41. The fraction of sp³-hybridized carbons (Fsp3) is 0.526. The number of hydrogen-bond donors (Lipinski definition) is 2. The van der Waals surface area contributed by atoms with E-state index in [4.69, 9.17) is 0 Å². The minimum Gasteiger partial charge on any atom is -0.361 e. The van der Waals surface area contributed by atoms with Crippen molar-refractivity contribution in [3.05, 3.63) is 35.8 Å². The van der Waals surface area contributed by atoms with Gasteiger partial charge in [-0.2, -0.15) is 0 Å². The molecule has 0 spiro atoms. The molecule has 122 valence electrons. The Balaban J connectivity index is 1.58. The van der Waals surface area contributed by atoms with E-state index in [-0.39, 0.29) is 11.7 Å². The van der Waals surface area contributed by atoms with Crippen LogP contribution in [-0.4, -0.2) is 16.9 Å². The molecule has 4 heteroatoms. The zero-order chi connectivity index (χ0) is 15.9. The molecule has 3 nitrogen and oxygen atoms in total. The molecule has 0 radical (unpaired) electrons. The van der Waals surface area contributed by atoms with Crippen molar-refractivity contribution in [2.45, 2.75) is 62.8 Å². The van der Waals surface area contributed by atoms with Crippen LogP contribution in [0.2, 0.25) is 0 Å². The Labute approximate surface area is 135 Å². The summed E-state index contributed by atoms with van der Waals surface area (Å²) in [6.07, 6.45) is 10.9. The first-order valence-corrected chi connectivity index (χ1v) is 8.77. The summed E-state index contributed by atoms with van der Waals surface area (Å²) in [5, 5.41) is 4.27. The second kappa shape index (κ2) is 5.66. The van der Waals surface area contributed by atoms with Gasteiger partial charge in [-0.15, -0.1) is 0 Å². The number of fused-ring (bicyclic) bond motifs is 1. The molecule has 0 atom stereocenters. The molecule has 23 heavy (non-hydrogen) atoms. The zero-order valence-corrected chi connectivity index (χ0v) is 13.3. The molecule has 0 saturated heterocycles. The Bertz CT molecular complexity index is 724. The van der Waals surface area contributed by atoms with Crippen molar-refractivity contribution in [3.8, 4) is 0 Å². The van der Waals surface area contributed by atoms with Crippen molar-refractivity contribution in [2.75, 3.05) is 0 Å². The monoisotopic (exact) mass is 314 g/mol. The summed E-state index contributed by atoms with van der Waals surface area (Å²) < 4.78 is 13.4. The van der Waals surface area contributed by atoms with Gasteiger partial charge in [0.2, 0.25) is 5.91 Å². The van der Waals surface area contributed by atoms with Gasteiger partial charge >= 0.3 is 0 Å². The molecule has 1 heterocycles. The second-order valence-corrected chi connectivity index (χ2v) is 7.14. The third-order valence-corrected chi connectivity index (χ3v) is 5.53. The van der Waals surface area contributed by atoms with Gasteiger partial charge in [-0.3, -0.25) is 4.79 Å². The van der Waals surface area contributed by atoms with Gasteiger partial charge in [-0.05, 0) is 49.4 Å². The number of halogens is 1. The van der Waals surface area contributed by atoms with Crippen LogP contribution in [-0.2, 0) is 10.2 Å². The molecule has 2 saturated carbocycles. The predicted octanol–water partition coefficient (Wildman–Crippen LogP) is 4.18. The van der Waals surface area contributed by atoms with E-state index in [2.05, 4.69) is 10.3 Å². The van der Waals surface area contributed by atoms with E-state index in [1.165, 1.54) is 37.8 Å². The second-order valence-electron chi connectivity index (χ2n) is 7.14. The number of aromatic nitrogens is 1. The van der Waals surface area contributed by atoms with E-state index in [0.29, 0.717) is 6.04 Å². The minimum atomic E-state index is -0.400. The van der Waals surface area contributed by atoms with Gasteiger partial charge in [0.05, 0.1) is 5.41 Å². The molecule has 2 aliphatic carbocycles.